The van der Waals surface area contributed by atoms with E-state index in [9.17, 15) is 0 Å². The average molecular weight is 161 g/mol. The van der Waals surface area contributed by atoms with E-state index in [1.807, 2.05) is 0 Å². The lowest BCUT2D eigenvalue weighted by atomic mass is 10.4. The molecule has 1 saturated heterocycles. The summed E-state index contributed by atoms with van der Waals surface area (Å²) in [4.78, 5) is 0. The van der Waals surface area contributed by atoms with E-state index >= 15 is 0 Å². The van der Waals surface area contributed by atoms with Crippen molar-refractivity contribution >= 4 is 7.21 Å². The van der Waals surface area contributed by atoms with Crippen LogP contribution >= 0.6 is 7.21 Å². The van der Waals surface area contributed by atoms with E-state index in [2.05, 4.69) is 23.3 Å². The van der Waals surface area contributed by atoms with Gasteiger partial charge in [-0.05, 0) is 13.3 Å². The fraction of sp³-hybridized carbons (Fsp3) is 1.00. The van der Waals surface area contributed by atoms with Gasteiger partial charge in [0.15, 0.2) is 0 Å². The summed E-state index contributed by atoms with van der Waals surface area (Å²) in [5.74, 6) is 0. The van der Waals surface area contributed by atoms with Crippen molar-refractivity contribution < 1.29 is 0 Å². The van der Waals surface area contributed by atoms with Crippen molar-refractivity contribution in [3.05, 3.63) is 0 Å². The lowest BCUT2D eigenvalue weighted by molar-refractivity contribution is 0.383. The largest absolute Gasteiger partial charge is 0.314 e. The molecule has 1 rings (SSSR count). The fourth-order valence-electron chi connectivity index (χ4n) is 1.15. The van der Waals surface area contributed by atoms with Crippen LogP contribution in [-0.2, 0) is 0 Å². The molecule has 0 radical (unpaired) electrons. The summed E-state index contributed by atoms with van der Waals surface area (Å²) in [7, 11) is -1.45. The number of piperazine rings is 1. The highest BCUT2D eigenvalue weighted by Crippen LogP contribution is 2.41. The van der Waals surface area contributed by atoms with Gasteiger partial charge in [0.05, 0.1) is 0 Å². The van der Waals surface area contributed by atoms with Crippen molar-refractivity contribution in [1.82, 2.24) is 9.99 Å². The second kappa shape index (κ2) is 3.04. The maximum absolute atomic E-state index is 7.84. The molecule has 1 fully saturated rings. The Morgan fingerprint density at radius 2 is 1.80 bits per heavy atom. The Balaban J connectivity index is 2.47. The van der Waals surface area contributed by atoms with Crippen molar-refractivity contribution in [2.24, 2.45) is 0 Å². The Morgan fingerprint density at radius 3 is 2.10 bits per heavy atom. The van der Waals surface area contributed by atoms with E-state index in [0.29, 0.717) is 0 Å². The quantitative estimate of drug-likeness (QED) is 0.559. The van der Waals surface area contributed by atoms with E-state index in [0.717, 1.165) is 26.2 Å². The van der Waals surface area contributed by atoms with Gasteiger partial charge in [0.25, 0.3) is 0 Å². The molecule has 1 heterocycles. The number of hydrogen-bond donors (Lipinski definition) is 2. The second-order valence-corrected chi connectivity index (χ2v) is 6.45. The second-order valence-electron chi connectivity index (χ2n) is 3.10. The normalized spacial score (nSPS) is 23.0. The summed E-state index contributed by atoms with van der Waals surface area (Å²) in [6.07, 6.45) is 0. The van der Waals surface area contributed by atoms with Crippen LogP contribution in [0, 0.1) is 5.16 Å². The molecule has 60 valence electrons. The van der Waals surface area contributed by atoms with Gasteiger partial charge in [0.1, 0.15) is 0 Å². The number of nitrogens with zero attached hydrogens (tertiary/aromatic N) is 1. The van der Waals surface area contributed by atoms with Crippen molar-refractivity contribution in [3.63, 3.8) is 0 Å². The molecule has 0 unspecified atom stereocenters. The standard InChI is InChI=1S/C6H16N3P/c1-10(2,7)9-5-3-8-4-6-9/h7-8H,3-6H2,1-2H3. The molecule has 0 amide bonds. The van der Waals surface area contributed by atoms with Crippen LogP contribution in [-0.4, -0.2) is 44.2 Å². The zero-order valence-electron chi connectivity index (χ0n) is 6.72. The van der Waals surface area contributed by atoms with Crippen LogP contribution in [0.25, 0.3) is 0 Å². The van der Waals surface area contributed by atoms with Crippen LogP contribution in [0.15, 0.2) is 0 Å². The van der Waals surface area contributed by atoms with E-state index in [1.165, 1.54) is 0 Å². The molecule has 10 heavy (non-hydrogen) atoms. The van der Waals surface area contributed by atoms with Gasteiger partial charge >= 0.3 is 0 Å². The summed E-state index contributed by atoms with van der Waals surface area (Å²) >= 11 is 0. The maximum Gasteiger partial charge on any atom is 0.0229 e. The summed E-state index contributed by atoms with van der Waals surface area (Å²) < 4.78 is 2.30. The molecule has 0 bridgehead atoms. The predicted molar refractivity (Wildman–Crippen MR) is 45.9 cm³/mol. The third kappa shape index (κ3) is 2.08. The molecular formula is C6H16N3P. The summed E-state index contributed by atoms with van der Waals surface area (Å²) in [5.41, 5.74) is 0. The van der Waals surface area contributed by atoms with Gasteiger partial charge in [0.2, 0.25) is 0 Å². The monoisotopic (exact) mass is 161 g/mol. The molecule has 0 aliphatic carbocycles. The third-order valence-corrected chi connectivity index (χ3v) is 3.61. The van der Waals surface area contributed by atoms with Crippen molar-refractivity contribution in [1.29, 1.82) is 5.16 Å². The molecule has 0 aromatic carbocycles. The zero-order valence-corrected chi connectivity index (χ0v) is 7.62. The maximum atomic E-state index is 7.84. The molecule has 0 saturated carbocycles. The SMILES string of the molecule is CP(C)(=N)N1CCNCC1. The van der Waals surface area contributed by atoms with Gasteiger partial charge < -0.3 is 10.5 Å². The summed E-state index contributed by atoms with van der Waals surface area (Å²) in [5, 5.41) is 11.1. The van der Waals surface area contributed by atoms with Gasteiger partial charge in [0, 0.05) is 33.4 Å². The Hall–Kier alpha value is 0.150. The lowest BCUT2D eigenvalue weighted by Gasteiger charge is -2.33. The summed E-state index contributed by atoms with van der Waals surface area (Å²) in [6, 6.07) is 0. The lowest BCUT2D eigenvalue weighted by Crippen LogP contribution is -2.41. The molecule has 0 atom stereocenters. The van der Waals surface area contributed by atoms with Gasteiger partial charge in [-0.25, -0.2) is 0 Å². The highest BCUT2D eigenvalue weighted by atomic mass is 31.2. The van der Waals surface area contributed by atoms with E-state index < -0.39 is 7.21 Å². The molecule has 2 N–H and O–H groups in total. The number of nitrogens with one attached hydrogen (secondary N) is 2. The molecule has 1 aliphatic rings. The Kier molecular flexibility index (Phi) is 2.50. The molecular weight excluding hydrogens is 145 g/mol. The van der Waals surface area contributed by atoms with Crippen LogP contribution in [0.3, 0.4) is 0 Å². The topological polar surface area (TPSA) is 39.1 Å². The van der Waals surface area contributed by atoms with Crippen LogP contribution < -0.4 is 5.32 Å². The van der Waals surface area contributed by atoms with E-state index in [-0.39, 0.29) is 0 Å². The zero-order chi connectivity index (χ0) is 7.61. The Morgan fingerprint density at radius 1 is 1.30 bits per heavy atom. The molecule has 0 aromatic heterocycles. The minimum atomic E-state index is -1.45. The number of rotatable bonds is 1. The van der Waals surface area contributed by atoms with Crippen LogP contribution in [0.4, 0.5) is 0 Å². The predicted octanol–water partition coefficient (Wildman–Crippen LogP) is 0.846. The number of hydrogen-bond acceptors (Lipinski definition) is 2. The van der Waals surface area contributed by atoms with E-state index in [1.54, 1.807) is 0 Å². The average Bonchev–Trinajstić information content (AvgIpc) is 1.88. The molecule has 3 nitrogen and oxygen atoms in total. The minimum Gasteiger partial charge on any atom is -0.314 e. The molecule has 1 aliphatic heterocycles. The van der Waals surface area contributed by atoms with Gasteiger partial charge in [-0.2, -0.15) is 0 Å². The van der Waals surface area contributed by atoms with Crippen molar-refractivity contribution in [2.45, 2.75) is 0 Å². The minimum absolute atomic E-state index is 1.06. The van der Waals surface area contributed by atoms with Crippen LogP contribution in [0.1, 0.15) is 0 Å². The van der Waals surface area contributed by atoms with Crippen molar-refractivity contribution in [3.8, 4) is 0 Å². The van der Waals surface area contributed by atoms with E-state index in [4.69, 9.17) is 5.16 Å². The van der Waals surface area contributed by atoms with Gasteiger partial charge in [-0.3, -0.25) is 4.67 Å². The first-order chi connectivity index (χ1) is 4.61. The summed E-state index contributed by atoms with van der Waals surface area (Å²) in [6.45, 7) is 8.34. The third-order valence-electron chi connectivity index (χ3n) is 1.80. The highest BCUT2D eigenvalue weighted by molar-refractivity contribution is 7.61. The fourth-order valence-corrected chi connectivity index (χ4v) is 2.35. The first-order valence-electron chi connectivity index (χ1n) is 3.66. The first kappa shape index (κ1) is 8.25. The molecule has 4 heteroatoms. The van der Waals surface area contributed by atoms with Crippen molar-refractivity contribution in [2.75, 3.05) is 39.5 Å². The van der Waals surface area contributed by atoms with Gasteiger partial charge in [-0.1, -0.05) is 0 Å². The van der Waals surface area contributed by atoms with Crippen LogP contribution in [0.2, 0.25) is 0 Å². The van der Waals surface area contributed by atoms with Crippen LogP contribution in [0.5, 0.6) is 0 Å². The first-order valence-corrected chi connectivity index (χ1v) is 6.29. The molecule has 0 aromatic rings. The smallest absolute Gasteiger partial charge is 0.0229 e. The highest BCUT2D eigenvalue weighted by Gasteiger charge is 2.16. The van der Waals surface area contributed by atoms with Gasteiger partial charge in [-0.15, -0.1) is 0 Å². The molecule has 0 spiro atoms. The Labute approximate surface area is 62.7 Å². The Bertz CT molecular complexity index is 145.